The van der Waals surface area contributed by atoms with Crippen LogP contribution in [-0.2, 0) is 11.2 Å². The summed E-state index contributed by atoms with van der Waals surface area (Å²) in [6, 6.07) is 8.98. The third-order valence-electron chi connectivity index (χ3n) is 5.16. The van der Waals surface area contributed by atoms with E-state index in [-0.39, 0.29) is 18.3 Å². The van der Waals surface area contributed by atoms with E-state index in [2.05, 4.69) is 41.4 Å². The number of piperidine rings is 1. The molecule has 1 unspecified atom stereocenters. The minimum atomic E-state index is 0. The summed E-state index contributed by atoms with van der Waals surface area (Å²) >= 11 is 0. The minimum absolute atomic E-state index is 0. The van der Waals surface area contributed by atoms with Gasteiger partial charge in [0.25, 0.3) is 0 Å². The molecule has 1 saturated heterocycles. The topological polar surface area (TPSA) is 32.3 Å². The predicted molar refractivity (Wildman–Crippen MR) is 97.3 cm³/mol. The highest BCUT2D eigenvalue weighted by molar-refractivity contribution is 5.85. The average molecular weight is 337 g/mol. The van der Waals surface area contributed by atoms with Crippen LogP contribution in [0.5, 0.6) is 0 Å². The summed E-state index contributed by atoms with van der Waals surface area (Å²) in [5, 5.41) is 3.41. The zero-order valence-electron chi connectivity index (χ0n) is 14.1. The lowest BCUT2D eigenvalue weighted by Gasteiger charge is -2.38. The second-order valence-corrected chi connectivity index (χ2v) is 6.66. The van der Waals surface area contributed by atoms with Crippen LogP contribution in [0, 0.1) is 0 Å². The van der Waals surface area contributed by atoms with Gasteiger partial charge in [-0.2, -0.15) is 0 Å². The fourth-order valence-electron chi connectivity index (χ4n) is 4.04. The van der Waals surface area contributed by atoms with Crippen molar-refractivity contribution in [1.29, 1.82) is 0 Å². The molecule has 3 rings (SSSR count). The highest BCUT2D eigenvalue weighted by atomic mass is 35.5. The normalized spacial score (nSPS) is 21.2. The van der Waals surface area contributed by atoms with Crippen LogP contribution in [0.2, 0.25) is 0 Å². The largest absolute Gasteiger partial charge is 0.339 e. The van der Waals surface area contributed by atoms with Gasteiger partial charge in [-0.1, -0.05) is 31.2 Å². The minimum Gasteiger partial charge on any atom is -0.339 e. The van der Waals surface area contributed by atoms with Crippen molar-refractivity contribution in [1.82, 2.24) is 10.2 Å². The number of halogens is 1. The molecule has 1 aliphatic carbocycles. The summed E-state index contributed by atoms with van der Waals surface area (Å²) in [6.07, 6.45) is 6.52. The molecule has 1 amide bonds. The van der Waals surface area contributed by atoms with E-state index in [0.717, 1.165) is 58.2 Å². The van der Waals surface area contributed by atoms with Crippen molar-refractivity contribution in [2.75, 3.05) is 19.6 Å². The van der Waals surface area contributed by atoms with Gasteiger partial charge in [0, 0.05) is 12.6 Å². The van der Waals surface area contributed by atoms with Crippen LogP contribution in [-0.4, -0.2) is 36.5 Å². The number of hydrogen-bond donors (Lipinski definition) is 1. The van der Waals surface area contributed by atoms with Crippen molar-refractivity contribution in [2.45, 2.75) is 57.4 Å². The molecule has 1 aromatic rings. The molecule has 0 radical (unpaired) electrons. The summed E-state index contributed by atoms with van der Waals surface area (Å²) in [5.74, 6) is 0.465. The quantitative estimate of drug-likeness (QED) is 0.912. The summed E-state index contributed by atoms with van der Waals surface area (Å²) in [7, 11) is 0. The fourth-order valence-corrected chi connectivity index (χ4v) is 4.04. The molecule has 1 aromatic carbocycles. The molecule has 1 atom stereocenters. The van der Waals surface area contributed by atoms with Gasteiger partial charge in [-0.15, -0.1) is 12.4 Å². The van der Waals surface area contributed by atoms with Gasteiger partial charge in [-0.3, -0.25) is 4.79 Å². The van der Waals surface area contributed by atoms with Crippen molar-refractivity contribution in [3.8, 4) is 0 Å². The highest BCUT2D eigenvalue weighted by Crippen LogP contribution is 2.34. The molecule has 1 heterocycles. The smallest absolute Gasteiger partial charge is 0.230 e. The van der Waals surface area contributed by atoms with Crippen molar-refractivity contribution >= 4 is 18.3 Å². The molecule has 3 nitrogen and oxygen atoms in total. The molecule has 1 fully saturated rings. The average Bonchev–Trinajstić information content (AvgIpc) is 2.59. The number of nitrogens with one attached hydrogen (secondary N) is 1. The Morgan fingerprint density at radius 1 is 1.22 bits per heavy atom. The first-order chi connectivity index (χ1) is 10.8. The number of benzene rings is 1. The molecule has 4 heteroatoms. The number of amides is 1. The summed E-state index contributed by atoms with van der Waals surface area (Å²) in [6.45, 7) is 5.16. The monoisotopic (exact) mass is 336 g/mol. The van der Waals surface area contributed by atoms with Gasteiger partial charge >= 0.3 is 0 Å². The van der Waals surface area contributed by atoms with E-state index in [9.17, 15) is 4.79 Å². The predicted octanol–water partition coefficient (Wildman–Crippen LogP) is 3.52. The lowest BCUT2D eigenvalue weighted by Crippen LogP contribution is -2.48. The van der Waals surface area contributed by atoms with Crippen molar-refractivity contribution < 1.29 is 4.79 Å². The lowest BCUT2D eigenvalue weighted by molar-refractivity contribution is -0.136. The zero-order chi connectivity index (χ0) is 15.4. The van der Waals surface area contributed by atoms with E-state index in [1.54, 1.807) is 0 Å². The van der Waals surface area contributed by atoms with Crippen molar-refractivity contribution in [3.05, 3.63) is 35.4 Å². The zero-order valence-corrected chi connectivity index (χ0v) is 14.9. The van der Waals surface area contributed by atoms with E-state index < -0.39 is 0 Å². The number of aryl methyl sites for hydroxylation is 1. The van der Waals surface area contributed by atoms with Gasteiger partial charge in [0.2, 0.25) is 5.91 Å². The first-order valence-corrected chi connectivity index (χ1v) is 8.90. The molecule has 128 valence electrons. The maximum atomic E-state index is 13.3. The van der Waals surface area contributed by atoms with Gasteiger partial charge in [-0.05, 0) is 62.7 Å². The van der Waals surface area contributed by atoms with E-state index in [1.165, 1.54) is 11.1 Å². The number of fused-ring (bicyclic) bond motifs is 1. The number of carbonyl (C=O) groups is 1. The van der Waals surface area contributed by atoms with Gasteiger partial charge in [0.05, 0.1) is 5.92 Å². The maximum Gasteiger partial charge on any atom is 0.230 e. The molecule has 23 heavy (non-hydrogen) atoms. The summed E-state index contributed by atoms with van der Waals surface area (Å²) in [4.78, 5) is 15.5. The standard InChI is InChI=1S/C19H28N2O.ClH/c1-2-14-21(16-10-12-20-13-11-16)19(22)18-9-5-7-15-6-3-4-8-17(15)18;/h3-4,6,8,16,18,20H,2,5,7,9-14H2,1H3;1H. The maximum absolute atomic E-state index is 13.3. The second kappa shape index (κ2) is 8.70. The first kappa shape index (κ1) is 18.3. The molecule has 0 saturated carbocycles. The van der Waals surface area contributed by atoms with Crippen molar-refractivity contribution in [2.24, 2.45) is 0 Å². The van der Waals surface area contributed by atoms with Crippen LogP contribution in [0.3, 0.4) is 0 Å². The third kappa shape index (κ3) is 4.07. The highest BCUT2D eigenvalue weighted by Gasteiger charge is 2.33. The van der Waals surface area contributed by atoms with E-state index in [4.69, 9.17) is 0 Å². The third-order valence-corrected chi connectivity index (χ3v) is 5.16. The SMILES string of the molecule is CCCN(C(=O)C1CCCc2ccccc21)C1CCNCC1.Cl. The van der Waals surface area contributed by atoms with Crippen molar-refractivity contribution in [3.63, 3.8) is 0 Å². The Bertz CT molecular complexity index is 514. The lowest BCUT2D eigenvalue weighted by atomic mass is 9.81. The van der Waals surface area contributed by atoms with Gasteiger partial charge < -0.3 is 10.2 Å². The van der Waals surface area contributed by atoms with E-state index in [1.807, 2.05) is 0 Å². The number of hydrogen-bond acceptors (Lipinski definition) is 2. The molecular formula is C19H29ClN2O. The van der Waals surface area contributed by atoms with Gasteiger partial charge in [0.1, 0.15) is 0 Å². The van der Waals surface area contributed by atoms with Crippen LogP contribution in [0.15, 0.2) is 24.3 Å². The van der Waals surface area contributed by atoms with Gasteiger partial charge in [0.15, 0.2) is 0 Å². The molecular weight excluding hydrogens is 308 g/mol. The summed E-state index contributed by atoms with van der Waals surface area (Å²) in [5.41, 5.74) is 2.67. The Labute approximate surface area is 146 Å². The van der Waals surface area contributed by atoms with E-state index in [0.29, 0.717) is 11.9 Å². The van der Waals surface area contributed by atoms with Crippen LogP contribution in [0.4, 0.5) is 0 Å². The molecule has 0 aromatic heterocycles. The van der Waals surface area contributed by atoms with Crippen LogP contribution < -0.4 is 5.32 Å². The Morgan fingerprint density at radius 3 is 2.70 bits per heavy atom. The molecule has 1 N–H and O–H groups in total. The summed E-state index contributed by atoms with van der Waals surface area (Å²) < 4.78 is 0. The fraction of sp³-hybridized carbons (Fsp3) is 0.632. The molecule has 2 aliphatic rings. The number of nitrogens with zero attached hydrogens (tertiary/aromatic N) is 1. The molecule has 0 bridgehead atoms. The Hall–Kier alpha value is -1.06. The van der Waals surface area contributed by atoms with Gasteiger partial charge in [-0.25, -0.2) is 0 Å². The molecule has 1 aliphatic heterocycles. The number of rotatable bonds is 4. The Balaban J connectivity index is 0.00000192. The number of carbonyl (C=O) groups excluding carboxylic acids is 1. The van der Waals surface area contributed by atoms with Crippen LogP contribution >= 0.6 is 12.4 Å². The Morgan fingerprint density at radius 2 is 1.96 bits per heavy atom. The Kier molecular flexibility index (Phi) is 6.91. The second-order valence-electron chi connectivity index (χ2n) is 6.66. The molecule has 0 spiro atoms. The van der Waals surface area contributed by atoms with Crippen LogP contribution in [0.1, 0.15) is 56.1 Å². The van der Waals surface area contributed by atoms with E-state index >= 15 is 0 Å². The van der Waals surface area contributed by atoms with Crippen LogP contribution in [0.25, 0.3) is 0 Å². The first-order valence-electron chi connectivity index (χ1n) is 8.90.